The molecular weight excluding hydrogens is 367 g/mol. The number of aryl methyl sites for hydroxylation is 1. The molecule has 0 fully saturated rings. The molecule has 0 radical (unpaired) electrons. The maximum atomic E-state index is 13.0. The Morgan fingerprint density at radius 1 is 1.30 bits per heavy atom. The van der Waals surface area contributed by atoms with E-state index in [4.69, 9.17) is 4.74 Å². The summed E-state index contributed by atoms with van der Waals surface area (Å²) < 4.78 is 44.9. The van der Waals surface area contributed by atoms with Gasteiger partial charge in [-0.1, -0.05) is 30.3 Å². The zero-order chi connectivity index (χ0) is 19.6. The Kier molecular flexibility index (Phi) is 5.06. The number of carboxylic acid groups (broad SMARTS) is 1. The molecule has 0 aliphatic carbocycles. The highest BCUT2D eigenvalue weighted by molar-refractivity contribution is 5.96. The lowest BCUT2D eigenvalue weighted by Gasteiger charge is -2.26. The molecule has 2 aromatic rings. The predicted octanol–water partition coefficient (Wildman–Crippen LogP) is 3.45. The fourth-order valence-electron chi connectivity index (χ4n) is 2.93. The van der Waals surface area contributed by atoms with Crippen LogP contribution in [-0.4, -0.2) is 32.9 Å². The second-order valence-corrected chi connectivity index (χ2v) is 6.10. The van der Waals surface area contributed by atoms with E-state index in [0.29, 0.717) is 0 Å². The van der Waals surface area contributed by atoms with E-state index in [1.807, 2.05) is 0 Å². The number of nitrogens with one attached hydrogen (secondary N) is 1. The summed E-state index contributed by atoms with van der Waals surface area (Å²) in [5, 5.41) is 11.6. The van der Waals surface area contributed by atoms with Crippen molar-refractivity contribution in [1.82, 2.24) is 9.55 Å². The second-order valence-electron chi connectivity index (χ2n) is 6.10. The number of alkyl halides is 3. The number of benzene rings is 1. The lowest BCUT2D eigenvalue weighted by atomic mass is 9.99. The molecule has 1 atom stereocenters. The summed E-state index contributed by atoms with van der Waals surface area (Å²) in [5.74, 6) is -3.27. The van der Waals surface area contributed by atoms with Gasteiger partial charge in [-0.15, -0.1) is 0 Å². The van der Waals surface area contributed by atoms with Crippen LogP contribution in [0.5, 0.6) is 0 Å². The molecule has 1 amide bonds. The number of rotatable bonds is 4. The number of imidazole rings is 1. The minimum Gasteiger partial charge on any atom is -0.476 e. The summed E-state index contributed by atoms with van der Waals surface area (Å²) in [6.07, 6.45) is -5.59. The molecule has 27 heavy (non-hydrogen) atoms. The maximum Gasteiger partial charge on any atom is 0.413 e. The van der Waals surface area contributed by atoms with Gasteiger partial charge in [-0.25, -0.2) is 14.6 Å². The molecule has 1 unspecified atom stereocenters. The summed E-state index contributed by atoms with van der Waals surface area (Å²) in [5.41, 5.74) is 0.235. The van der Waals surface area contributed by atoms with Crippen LogP contribution in [0.3, 0.4) is 0 Å². The third kappa shape index (κ3) is 4.21. The number of aromatic nitrogens is 2. The summed E-state index contributed by atoms with van der Waals surface area (Å²) in [6, 6.07) is 8.80. The molecule has 2 N–H and O–H groups in total. The van der Waals surface area contributed by atoms with E-state index in [2.05, 4.69) is 10.3 Å². The quantitative estimate of drug-likeness (QED) is 0.844. The van der Waals surface area contributed by atoms with Gasteiger partial charge in [0.25, 0.3) is 0 Å². The molecule has 1 aliphatic heterocycles. The number of fused-ring (bicyclic) bond motifs is 1. The van der Waals surface area contributed by atoms with Crippen LogP contribution in [0.25, 0.3) is 0 Å². The van der Waals surface area contributed by atoms with Gasteiger partial charge in [-0.05, 0) is 12.0 Å². The van der Waals surface area contributed by atoms with Gasteiger partial charge in [0, 0.05) is 13.0 Å². The first-order valence-corrected chi connectivity index (χ1v) is 8.13. The van der Waals surface area contributed by atoms with Gasteiger partial charge < -0.3 is 14.4 Å². The van der Waals surface area contributed by atoms with E-state index in [1.54, 1.807) is 30.3 Å². The minimum absolute atomic E-state index is 0.0365. The van der Waals surface area contributed by atoms with E-state index in [-0.39, 0.29) is 31.1 Å². The first kappa shape index (κ1) is 18.7. The van der Waals surface area contributed by atoms with Gasteiger partial charge in [0.2, 0.25) is 0 Å². The van der Waals surface area contributed by atoms with Crippen LogP contribution in [0.4, 0.5) is 23.8 Å². The van der Waals surface area contributed by atoms with E-state index >= 15 is 0 Å². The number of nitrogens with zero attached hydrogens (tertiary/aromatic N) is 2. The highest BCUT2D eigenvalue weighted by Gasteiger charge is 2.43. The third-order valence-electron chi connectivity index (χ3n) is 4.26. The lowest BCUT2D eigenvalue weighted by Crippen LogP contribution is -2.33. The number of carbonyl (C=O) groups excluding carboxylic acids is 1. The van der Waals surface area contributed by atoms with Crippen molar-refractivity contribution in [2.75, 3.05) is 5.32 Å². The topological polar surface area (TPSA) is 93.5 Å². The molecule has 0 spiro atoms. The van der Waals surface area contributed by atoms with Crippen molar-refractivity contribution in [1.29, 1.82) is 0 Å². The van der Waals surface area contributed by atoms with E-state index in [0.717, 1.165) is 10.1 Å². The average Bonchev–Trinajstić information content (AvgIpc) is 2.97. The molecule has 2 heterocycles. The first-order valence-electron chi connectivity index (χ1n) is 8.13. The number of aromatic carboxylic acids is 1. The number of hydrogen-bond donors (Lipinski definition) is 2. The van der Waals surface area contributed by atoms with Crippen LogP contribution in [0.15, 0.2) is 30.3 Å². The fraction of sp³-hybridized carbons (Fsp3) is 0.353. The van der Waals surface area contributed by atoms with Crippen LogP contribution in [-0.2, 0) is 24.3 Å². The number of ether oxygens (including phenoxy) is 1. The second kappa shape index (κ2) is 7.29. The Morgan fingerprint density at radius 2 is 2.00 bits per heavy atom. The molecule has 7 nitrogen and oxygen atoms in total. The number of hydrogen-bond acceptors (Lipinski definition) is 4. The molecule has 144 valence electrons. The van der Waals surface area contributed by atoms with Crippen molar-refractivity contribution in [3.05, 3.63) is 47.4 Å². The molecule has 3 rings (SSSR count). The molecule has 1 aromatic carbocycles. The number of carboxylic acids is 1. The van der Waals surface area contributed by atoms with E-state index in [9.17, 15) is 27.9 Å². The van der Waals surface area contributed by atoms with Crippen LogP contribution in [0.2, 0.25) is 0 Å². The van der Waals surface area contributed by atoms with Crippen molar-refractivity contribution in [2.45, 2.75) is 32.2 Å². The van der Waals surface area contributed by atoms with Gasteiger partial charge in [-0.3, -0.25) is 5.32 Å². The smallest absolute Gasteiger partial charge is 0.413 e. The maximum absolute atomic E-state index is 13.0. The average molecular weight is 383 g/mol. The van der Waals surface area contributed by atoms with Crippen molar-refractivity contribution >= 4 is 17.9 Å². The van der Waals surface area contributed by atoms with Gasteiger partial charge >= 0.3 is 18.2 Å². The van der Waals surface area contributed by atoms with Crippen LogP contribution in [0.1, 0.15) is 28.3 Å². The summed E-state index contributed by atoms with van der Waals surface area (Å²) >= 11 is 0. The largest absolute Gasteiger partial charge is 0.476 e. The normalized spacial score (nSPS) is 16.5. The molecule has 0 saturated carbocycles. The predicted molar refractivity (Wildman–Crippen MR) is 87.3 cm³/mol. The highest BCUT2D eigenvalue weighted by Crippen LogP contribution is 2.36. The number of amides is 1. The van der Waals surface area contributed by atoms with Gasteiger partial charge in [0.05, 0.1) is 5.92 Å². The summed E-state index contributed by atoms with van der Waals surface area (Å²) in [6.45, 7) is -0.590. The standard InChI is InChI=1S/C17H16F3N3O4/c18-17(19,20)11-6-7-12-21-14(13(15(24)25)23(12)8-11)22-16(26)27-9-10-4-2-1-3-5-10/h1-5,11H,6-9H2,(H,22,26)(H,24,25). The zero-order valence-electron chi connectivity index (χ0n) is 14.0. The van der Waals surface area contributed by atoms with Crippen molar-refractivity contribution in [2.24, 2.45) is 5.92 Å². The minimum atomic E-state index is -4.43. The molecular formula is C17H16F3N3O4. The van der Waals surface area contributed by atoms with Crippen molar-refractivity contribution in [3.63, 3.8) is 0 Å². The SMILES string of the molecule is O=C(Nc1nc2n(c1C(=O)O)CC(C(F)(F)F)CC2)OCc1ccccc1. The van der Waals surface area contributed by atoms with Crippen LogP contribution in [0, 0.1) is 5.92 Å². The van der Waals surface area contributed by atoms with Gasteiger partial charge in [0.1, 0.15) is 12.4 Å². The number of anilines is 1. The van der Waals surface area contributed by atoms with E-state index < -0.39 is 36.4 Å². The lowest BCUT2D eigenvalue weighted by molar-refractivity contribution is -0.182. The number of halogens is 3. The zero-order valence-corrected chi connectivity index (χ0v) is 14.0. The van der Waals surface area contributed by atoms with Gasteiger partial charge in [0.15, 0.2) is 11.5 Å². The van der Waals surface area contributed by atoms with Crippen LogP contribution < -0.4 is 5.32 Å². The van der Waals surface area contributed by atoms with Crippen LogP contribution >= 0.6 is 0 Å². The first-order chi connectivity index (χ1) is 12.8. The molecule has 1 aliphatic rings. The molecule has 0 bridgehead atoms. The number of carbonyl (C=O) groups is 2. The van der Waals surface area contributed by atoms with E-state index in [1.165, 1.54) is 0 Å². The fourth-order valence-corrected chi connectivity index (χ4v) is 2.93. The Labute approximate surface area is 151 Å². The Hall–Kier alpha value is -3.04. The Balaban J connectivity index is 1.75. The molecule has 1 aromatic heterocycles. The van der Waals surface area contributed by atoms with Crippen molar-refractivity contribution in [3.8, 4) is 0 Å². The highest BCUT2D eigenvalue weighted by atomic mass is 19.4. The molecule has 0 saturated heterocycles. The third-order valence-corrected chi connectivity index (χ3v) is 4.26. The Bertz CT molecular complexity index is 849. The monoisotopic (exact) mass is 383 g/mol. The van der Waals surface area contributed by atoms with Crippen molar-refractivity contribution < 1.29 is 32.6 Å². The van der Waals surface area contributed by atoms with Gasteiger partial charge in [-0.2, -0.15) is 13.2 Å². The summed E-state index contributed by atoms with van der Waals surface area (Å²) in [7, 11) is 0. The summed E-state index contributed by atoms with van der Waals surface area (Å²) in [4.78, 5) is 27.5. The Morgan fingerprint density at radius 3 is 2.63 bits per heavy atom. The molecule has 10 heteroatoms.